The molecule has 0 saturated carbocycles. The number of carbonyl (C=O) groups excluding carboxylic acids is 2. The number of halogens is 1. The smallest absolute Gasteiger partial charge is 0.302 e. The van der Waals surface area contributed by atoms with Crippen LogP contribution in [0.25, 0.3) is 0 Å². The van der Waals surface area contributed by atoms with Gasteiger partial charge in [0.1, 0.15) is 6.61 Å². The molecule has 10 heavy (non-hydrogen) atoms. The van der Waals surface area contributed by atoms with Crippen molar-refractivity contribution in [2.75, 3.05) is 6.61 Å². The van der Waals surface area contributed by atoms with Gasteiger partial charge in [0.05, 0.1) is 5.92 Å². The second-order valence-electron chi connectivity index (χ2n) is 2.01. The standard InChI is InChI=1S/C6H9ClO3/c1-4(6(7)9)3-10-5(2)8/h4H,3H2,1-2H3. The Morgan fingerprint density at radius 2 is 2.10 bits per heavy atom. The molecule has 58 valence electrons. The lowest BCUT2D eigenvalue weighted by Gasteiger charge is -2.04. The third kappa shape index (κ3) is 4.32. The maximum Gasteiger partial charge on any atom is 0.302 e. The fourth-order valence-corrected chi connectivity index (χ4v) is 0.371. The van der Waals surface area contributed by atoms with E-state index in [0.717, 1.165) is 0 Å². The molecule has 0 radical (unpaired) electrons. The maximum atomic E-state index is 10.3. The van der Waals surface area contributed by atoms with Gasteiger partial charge in [0.15, 0.2) is 0 Å². The Labute approximate surface area is 64.3 Å². The van der Waals surface area contributed by atoms with E-state index >= 15 is 0 Å². The zero-order valence-corrected chi connectivity index (χ0v) is 6.64. The number of hydrogen-bond donors (Lipinski definition) is 0. The van der Waals surface area contributed by atoms with Crippen LogP contribution < -0.4 is 0 Å². The van der Waals surface area contributed by atoms with Crippen molar-refractivity contribution < 1.29 is 14.3 Å². The second-order valence-corrected chi connectivity index (χ2v) is 2.38. The van der Waals surface area contributed by atoms with Crippen LogP contribution in [0.1, 0.15) is 13.8 Å². The summed E-state index contributed by atoms with van der Waals surface area (Å²) in [6.45, 7) is 2.95. The number of ether oxygens (including phenoxy) is 1. The first-order chi connectivity index (χ1) is 4.54. The highest BCUT2D eigenvalue weighted by Gasteiger charge is 2.10. The third-order valence-corrected chi connectivity index (χ3v) is 1.30. The Hall–Kier alpha value is -0.570. The van der Waals surface area contributed by atoms with Crippen LogP contribution in [-0.4, -0.2) is 17.8 Å². The van der Waals surface area contributed by atoms with Gasteiger partial charge in [-0.2, -0.15) is 0 Å². The molecule has 0 aliphatic rings. The average Bonchev–Trinajstić information content (AvgIpc) is 1.82. The van der Waals surface area contributed by atoms with Crippen LogP contribution in [0.3, 0.4) is 0 Å². The van der Waals surface area contributed by atoms with Crippen LogP contribution in [-0.2, 0) is 14.3 Å². The molecule has 0 aliphatic carbocycles. The van der Waals surface area contributed by atoms with E-state index < -0.39 is 17.1 Å². The van der Waals surface area contributed by atoms with Gasteiger partial charge < -0.3 is 4.74 Å². The minimum atomic E-state index is -0.485. The molecule has 0 spiro atoms. The van der Waals surface area contributed by atoms with Crippen molar-refractivity contribution in [2.45, 2.75) is 13.8 Å². The second kappa shape index (κ2) is 4.28. The molecule has 0 bridgehead atoms. The Morgan fingerprint density at radius 3 is 2.40 bits per heavy atom. The molecule has 0 rings (SSSR count). The first-order valence-electron chi connectivity index (χ1n) is 2.86. The van der Waals surface area contributed by atoms with Gasteiger partial charge in [-0.25, -0.2) is 0 Å². The van der Waals surface area contributed by atoms with Gasteiger partial charge in [-0.1, -0.05) is 6.92 Å². The Kier molecular flexibility index (Phi) is 4.03. The van der Waals surface area contributed by atoms with E-state index in [1.807, 2.05) is 0 Å². The summed E-state index contributed by atoms with van der Waals surface area (Å²) in [6, 6.07) is 0. The number of esters is 1. The van der Waals surface area contributed by atoms with Gasteiger partial charge in [0, 0.05) is 6.92 Å². The van der Waals surface area contributed by atoms with Crippen LogP contribution in [0, 0.1) is 5.92 Å². The van der Waals surface area contributed by atoms with E-state index in [0.29, 0.717) is 0 Å². The molecule has 0 N–H and O–H groups in total. The highest BCUT2D eigenvalue weighted by atomic mass is 35.5. The molecular formula is C6H9ClO3. The monoisotopic (exact) mass is 164 g/mol. The van der Waals surface area contributed by atoms with Crippen molar-refractivity contribution in [3.05, 3.63) is 0 Å². The van der Waals surface area contributed by atoms with E-state index in [-0.39, 0.29) is 6.61 Å². The van der Waals surface area contributed by atoms with Crippen molar-refractivity contribution in [1.29, 1.82) is 0 Å². The number of rotatable bonds is 3. The highest BCUT2D eigenvalue weighted by molar-refractivity contribution is 6.63. The average molecular weight is 165 g/mol. The van der Waals surface area contributed by atoms with E-state index in [1.54, 1.807) is 6.92 Å². The topological polar surface area (TPSA) is 43.4 Å². The molecule has 0 heterocycles. The zero-order chi connectivity index (χ0) is 8.15. The summed E-state index contributed by atoms with van der Waals surface area (Å²) in [7, 11) is 0. The Morgan fingerprint density at radius 1 is 1.60 bits per heavy atom. The van der Waals surface area contributed by atoms with Gasteiger partial charge in [-0.05, 0) is 11.6 Å². The van der Waals surface area contributed by atoms with Crippen molar-refractivity contribution in [1.82, 2.24) is 0 Å². The van der Waals surface area contributed by atoms with Crippen LogP contribution in [0.15, 0.2) is 0 Å². The van der Waals surface area contributed by atoms with Crippen molar-refractivity contribution in [2.24, 2.45) is 5.92 Å². The van der Waals surface area contributed by atoms with Gasteiger partial charge in [-0.15, -0.1) is 0 Å². The molecule has 0 fully saturated rings. The predicted molar refractivity (Wildman–Crippen MR) is 36.7 cm³/mol. The minimum Gasteiger partial charge on any atom is -0.465 e. The molecule has 4 heteroatoms. The van der Waals surface area contributed by atoms with Gasteiger partial charge in [-0.3, -0.25) is 9.59 Å². The van der Waals surface area contributed by atoms with Crippen LogP contribution >= 0.6 is 11.6 Å². The molecule has 1 atom stereocenters. The fraction of sp³-hybridized carbons (Fsp3) is 0.667. The summed E-state index contributed by atoms with van der Waals surface area (Å²) in [5, 5.41) is -0.485. The molecule has 0 aliphatic heterocycles. The van der Waals surface area contributed by atoms with Crippen molar-refractivity contribution in [3.8, 4) is 0 Å². The predicted octanol–water partition coefficient (Wildman–Crippen LogP) is 0.951. The summed E-state index contributed by atoms with van der Waals surface area (Å²) in [5.41, 5.74) is 0. The molecular weight excluding hydrogens is 156 g/mol. The van der Waals surface area contributed by atoms with Crippen LogP contribution in [0.2, 0.25) is 0 Å². The molecule has 0 amide bonds. The highest BCUT2D eigenvalue weighted by Crippen LogP contribution is 2.00. The molecule has 0 aromatic carbocycles. The summed E-state index contributed by atoms with van der Waals surface area (Å²) in [4.78, 5) is 20.5. The molecule has 1 unspecified atom stereocenters. The summed E-state index contributed by atoms with van der Waals surface area (Å²) >= 11 is 5.08. The SMILES string of the molecule is CC(=O)OCC(C)C(=O)Cl. The Bertz CT molecular complexity index is 144. The van der Waals surface area contributed by atoms with Gasteiger partial charge in [0.25, 0.3) is 0 Å². The molecule has 3 nitrogen and oxygen atoms in total. The van der Waals surface area contributed by atoms with Gasteiger partial charge >= 0.3 is 5.97 Å². The Balaban J connectivity index is 3.49. The summed E-state index contributed by atoms with van der Waals surface area (Å²) in [5.74, 6) is -0.810. The van der Waals surface area contributed by atoms with E-state index in [4.69, 9.17) is 11.6 Å². The number of hydrogen-bond acceptors (Lipinski definition) is 3. The summed E-state index contributed by atoms with van der Waals surface area (Å²) < 4.78 is 4.52. The quantitative estimate of drug-likeness (QED) is 0.461. The minimum absolute atomic E-state index is 0.0671. The lowest BCUT2D eigenvalue weighted by atomic mass is 10.2. The lowest BCUT2D eigenvalue weighted by Crippen LogP contribution is -2.14. The molecule has 0 saturated heterocycles. The first-order valence-corrected chi connectivity index (χ1v) is 3.24. The van der Waals surface area contributed by atoms with E-state index in [2.05, 4.69) is 4.74 Å². The fourth-order valence-electron chi connectivity index (χ4n) is 0.308. The third-order valence-electron chi connectivity index (χ3n) is 0.924. The van der Waals surface area contributed by atoms with Gasteiger partial charge in [0.2, 0.25) is 5.24 Å². The zero-order valence-electron chi connectivity index (χ0n) is 5.89. The van der Waals surface area contributed by atoms with Crippen molar-refractivity contribution in [3.63, 3.8) is 0 Å². The van der Waals surface area contributed by atoms with Crippen molar-refractivity contribution >= 4 is 22.8 Å². The van der Waals surface area contributed by atoms with Crippen LogP contribution in [0.4, 0.5) is 0 Å². The van der Waals surface area contributed by atoms with E-state index in [9.17, 15) is 9.59 Å². The van der Waals surface area contributed by atoms with Crippen LogP contribution in [0.5, 0.6) is 0 Å². The number of carbonyl (C=O) groups is 2. The molecule has 0 aromatic heterocycles. The first kappa shape index (κ1) is 9.43. The molecule has 0 aromatic rings. The maximum absolute atomic E-state index is 10.3. The normalized spacial score (nSPS) is 12.3. The lowest BCUT2D eigenvalue weighted by molar-refractivity contribution is -0.142. The summed E-state index contributed by atoms with van der Waals surface area (Å²) in [6.07, 6.45) is 0. The largest absolute Gasteiger partial charge is 0.465 e. The van der Waals surface area contributed by atoms with E-state index in [1.165, 1.54) is 6.92 Å².